The number of halogens is 1. The van der Waals surface area contributed by atoms with Gasteiger partial charge in [0.15, 0.2) is 0 Å². The van der Waals surface area contributed by atoms with Crippen molar-refractivity contribution in [3.05, 3.63) is 58.7 Å². The molecule has 2 aromatic carbocycles. The number of hydrogen-bond donors (Lipinski definition) is 0. The first-order valence-corrected chi connectivity index (χ1v) is 8.31. The minimum absolute atomic E-state index is 0.574. The van der Waals surface area contributed by atoms with Gasteiger partial charge in [-0.3, -0.25) is 0 Å². The topological polar surface area (TPSA) is 33.0 Å². The van der Waals surface area contributed by atoms with Gasteiger partial charge in [-0.2, -0.15) is 5.26 Å². The van der Waals surface area contributed by atoms with E-state index in [0.717, 1.165) is 23.1 Å². The molecule has 0 N–H and O–H groups in total. The Morgan fingerprint density at radius 2 is 1.86 bits per heavy atom. The first-order valence-electron chi connectivity index (χ1n) is 7.19. The average Bonchev–Trinajstić information content (AvgIpc) is 2.55. The van der Waals surface area contributed by atoms with Crippen molar-refractivity contribution in [2.45, 2.75) is 31.0 Å². The fourth-order valence-electron chi connectivity index (χ4n) is 2.74. The number of ether oxygens (including phenoxy) is 1. The highest BCUT2D eigenvalue weighted by Gasteiger charge is 2.11. The lowest BCUT2D eigenvalue weighted by atomic mass is 9.92. The van der Waals surface area contributed by atoms with Crippen LogP contribution in [0.2, 0.25) is 0 Å². The van der Waals surface area contributed by atoms with Gasteiger partial charge in [-0.1, -0.05) is 28.1 Å². The molecule has 2 aromatic rings. The maximum absolute atomic E-state index is 9.26. The van der Waals surface area contributed by atoms with Crippen molar-refractivity contribution in [3.63, 3.8) is 0 Å². The zero-order chi connectivity index (χ0) is 14.7. The van der Waals surface area contributed by atoms with Gasteiger partial charge in [0.05, 0.1) is 5.56 Å². The maximum atomic E-state index is 9.26. The number of hydrogen-bond acceptors (Lipinski definition) is 2. The van der Waals surface area contributed by atoms with Crippen molar-refractivity contribution in [3.8, 4) is 17.6 Å². The van der Waals surface area contributed by atoms with Crippen LogP contribution >= 0.6 is 15.9 Å². The molecule has 2 nitrogen and oxygen atoms in total. The SMILES string of the molecule is N#Cc1cc(CBr)ccc1Oc1ccc2c(c1)CCCC2. The predicted molar refractivity (Wildman–Crippen MR) is 86.9 cm³/mol. The van der Waals surface area contributed by atoms with E-state index in [-0.39, 0.29) is 0 Å². The van der Waals surface area contributed by atoms with E-state index >= 15 is 0 Å². The Hall–Kier alpha value is -1.79. The predicted octanol–water partition coefficient (Wildman–Crippen LogP) is 5.12. The highest BCUT2D eigenvalue weighted by atomic mass is 79.9. The van der Waals surface area contributed by atoms with E-state index in [1.807, 2.05) is 24.3 Å². The second-order valence-electron chi connectivity index (χ2n) is 5.32. The lowest BCUT2D eigenvalue weighted by Gasteiger charge is -2.17. The number of rotatable bonds is 3. The summed E-state index contributed by atoms with van der Waals surface area (Å²) in [5.41, 5.74) is 4.46. The molecule has 1 aliphatic carbocycles. The number of benzene rings is 2. The summed E-state index contributed by atoms with van der Waals surface area (Å²) in [6.07, 6.45) is 4.82. The normalized spacial score (nSPS) is 13.3. The van der Waals surface area contributed by atoms with Crippen LogP contribution < -0.4 is 4.74 Å². The van der Waals surface area contributed by atoms with Gasteiger partial charge in [0.25, 0.3) is 0 Å². The highest BCUT2D eigenvalue weighted by molar-refractivity contribution is 9.08. The number of alkyl halides is 1. The van der Waals surface area contributed by atoms with Gasteiger partial charge >= 0.3 is 0 Å². The lowest BCUT2D eigenvalue weighted by Crippen LogP contribution is -2.02. The highest BCUT2D eigenvalue weighted by Crippen LogP contribution is 2.30. The molecule has 0 unspecified atom stereocenters. The maximum Gasteiger partial charge on any atom is 0.145 e. The molecule has 0 aromatic heterocycles. The number of aryl methyl sites for hydroxylation is 2. The second-order valence-corrected chi connectivity index (χ2v) is 5.88. The van der Waals surface area contributed by atoms with Crippen molar-refractivity contribution in [2.75, 3.05) is 0 Å². The summed E-state index contributed by atoms with van der Waals surface area (Å²) in [6.45, 7) is 0. The van der Waals surface area contributed by atoms with Crippen LogP contribution in [0.3, 0.4) is 0 Å². The Bertz CT molecular complexity index is 703. The minimum Gasteiger partial charge on any atom is -0.456 e. The molecule has 0 saturated heterocycles. The van der Waals surface area contributed by atoms with Crippen molar-refractivity contribution in [1.82, 2.24) is 0 Å². The zero-order valence-corrected chi connectivity index (χ0v) is 13.3. The van der Waals surface area contributed by atoms with Gasteiger partial charge in [0.1, 0.15) is 17.6 Å². The van der Waals surface area contributed by atoms with Gasteiger partial charge in [-0.25, -0.2) is 0 Å². The third-order valence-corrected chi connectivity index (χ3v) is 4.51. The molecule has 0 bridgehead atoms. The second kappa shape index (κ2) is 6.32. The van der Waals surface area contributed by atoms with Crippen LogP contribution in [0.1, 0.15) is 35.1 Å². The molecule has 21 heavy (non-hydrogen) atoms. The molecule has 1 aliphatic rings. The van der Waals surface area contributed by atoms with E-state index in [9.17, 15) is 5.26 Å². The molecule has 0 radical (unpaired) electrons. The summed E-state index contributed by atoms with van der Waals surface area (Å²) in [5, 5.41) is 10.0. The van der Waals surface area contributed by atoms with E-state index in [1.165, 1.54) is 30.4 Å². The minimum atomic E-state index is 0.574. The lowest BCUT2D eigenvalue weighted by molar-refractivity contribution is 0.479. The van der Waals surface area contributed by atoms with Crippen LogP contribution in [0.4, 0.5) is 0 Å². The van der Waals surface area contributed by atoms with Crippen LogP contribution in [0.15, 0.2) is 36.4 Å². The van der Waals surface area contributed by atoms with Crippen LogP contribution in [-0.2, 0) is 18.2 Å². The summed E-state index contributed by atoms with van der Waals surface area (Å²) < 4.78 is 5.93. The number of fused-ring (bicyclic) bond motifs is 1. The van der Waals surface area contributed by atoms with E-state index in [2.05, 4.69) is 34.1 Å². The fourth-order valence-corrected chi connectivity index (χ4v) is 3.09. The van der Waals surface area contributed by atoms with Crippen molar-refractivity contribution >= 4 is 15.9 Å². The standard InChI is InChI=1S/C18H16BrNO/c19-11-13-5-8-18(16(9-13)12-20)21-17-7-6-14-3-1-2-4-15(14)10-17/h5-10H,1-4,11H2. The molecule has 0 heterocycles. The summed E-state index contributed by atoms with van der Waals surface area (Å²) in [5.74, 6) is 1.44. The molecular weight excluding hydrogens is 326 g/mol. The van der Waals surface area contributed by atoms with Gasteiger partial charge < -0.3 is 4.74 Å². The Kier molecular flexibility index (Phi) is 4.26. The van der Waals surface area contributed by atoms with E-state index in [0.29, 0.717) is 11.3 Å². The summed E-state index contributed by atoms with van der Waals surface area (Å²) >= 11 is 3.40. The van der Waals surface area contributed by atoms with E-state index < -0.39 is 0 Å². The van der Waals surface area contributed by atoms with Crippen LogP contribution in [0.5, 0.6) is 11.5 Å². The molecule has 0 spiro atoms. The van der Waals surface area contributed by atoms with Crippen LogP contribution in [0, 0.1) is 11.3 Å². The monoisotopic (exact) mass is 341 g/mol. The smallest absolute Gasteiger partial charge is 0.145 e. The molecule has 0 atom stereocenters. The number of nitriles is 1. The van der Waals surface area contributed by atoms with Crippen molar-refractivity contribution < 1.29 is 4.74 Å². The molecular formula is C18H16BrNO. The summed E-state index contributed by atoms with van der Waals surface area (Å²) in [6, 6.07) is 14.2. The first kappa shape index (κ1) is 14.2. The Labute approximate surface area is 133 Å². The molecule has 106 valence electrons. The Morgan fingerprint density at radius 3 is 2.62 bits per heavy atom. The number of nitrogens with zero attached hydrogens (tertiary/aromatic N) is 1. The quantitative estimate of drug-likeness (QED) is 0.725. The van der Waals surface area contributed by atoms with Gasteiger partial charge in [0.2, 0.25) is 0 Å². The molecule has 0 fully saturated rings. The van der Waals surface area contributed by atoms with Crippen molar-refractivity contribution in [1.29, 1.82) is 5.26 Å². The first-order chi connectivity index (χ1) is 10.3. The largest absolute Gasteiger partial charge is 0.456 e. The van der Waals surface area contributed by atoms with Gasteiger partial charge in [-0.05, 0) is 66.6 Å². The average molecular weight is 342 g/mol. The van der Waals surface area contributed by atoms with Gasteiger partial charge in [0, 0.05) is 5.33 Å². The third-order valence-electron chi connectivity index (χ3n) is 3.87. The summed E-state index contributed by atoms with van der Waals surface area (Å²) in [4.78, 5) is 0. The molecule has 0 amide bonds. The Balaban J connectivity index is 1.88. The molecule has 3 heteroatoms. The third kappa shape index (κ3) is 3.11. The van der Waals surface area contributed by atoms with Crippen molar-refractivity contribution in [2.24, 2.45) is 0 Å². The molecule has 0 saturated carbocycles. The van der Waals surface area contributed by atoms with Crippen LogP contribution in [0.25, 0.3) is 0 Å². The molecule has 3 rings (SSSR count). The van der Waals surface area contributed by atoms with E-state index in [4.69, 9.17) is 4.74 Å². The zero-order valence-electron chi connectivity index (χ0n) is 11.7. The Morgan fingerprint density at radius 1 is 1.05 bits per heavy atom. The summed E-state index contributed by atoms with van der Waals surface area (Å²) in [7, 11) is 0. The van der Waals surface area contributed by atoms with Crippen LogP contribution in [-0.4, -0.2) is 0 Å². The van der Waals surface area contributed by atoms with Gasteiger partial charge in [-0.15, -0.1) is 0 Å². The fraction of sp³-hybridized carbons (Fsp3) is 0.278. The van der Waals surface area contributed by atoms with E-state index in [1.54, 1.807) is 0 Å². The molecule has 0 aliphatic heterocycles.